The van der Waals surface area contributed by atoms with Crippen LogP contribution in [0.15, 0.2) is 0 Å². The number of amides is 1. The maximum atomic E-state index is 13.0. The number of ether oxygens (including phenoxy) is 1. The molecule has 1 aromatic heterocycles. The van der Waals surface area contributed by atoms with E-state index in [-0.39, 0.29) is 11.3 Å². The molecule has 1 heterocycles. The zero-order chi connectivity index (χ0) is 16.2. The quantitative estimate of drug-likeness (QED) is 0.928. The molecule has 1 aromatic rings. The van der Waals surface area contributed by atoms with Crippen molar-refractivity contribution in [3.05, 3.63) is 11.3 Å². The van der Waals surface area contributed by atoms with E-state index < -0.39 is 0 Å². The van der Waals surface area contributed by atoms with Crippen LogP contribution in [0.5, 0.6) is 5.88 Å². The number of rotatable bonds is 4. The summed E-state index contributed by atoms with van der Waals surface area (Å²) in [6.45, 7) is 2.48. The van der Waals surface area contributed by atoms with Crippen molar-refractivity contribution in [3.8, 4) is 5.88 Å². The van der Waals surface area contributed by atoms with Crippen LogP contribution in [0, 0.1) is 30.1 Å². The summed E-state index contributed by atoms with van der Waals surface area (Å²) in [7, 11) is 3.52. The number of hydrogen-bond donors (Lipinski definition) is 1. The molecule has 4 aliphatic rings. The molecular weight excluding hydrogens is 290 g/mol. The number of nitrogens with one attached hydrogen (secondary N) is 1. The first kappa shape index (κ1) is 15.0. The minimum absolute atomic E-state index is 0.0852. The molecule has 4 saturated carbocycles. The van der Waals surface area contributed by atoms with Gasteiger partial charge in [-0.2, -0.15) is 5.10 Å². The van der Waals surface area contributed by atoms with Crippen LogP contribution in [0.2, 0.25) is 0 Å². The van der Waals surface area contributed by atoms with Gasteiger partial charge in [0, 0.05) is 19.0 Å². The van der Waals surface area contributed by atoms with Gasteiger partial charge in [0.15, 0.2) is 0 Å². The van der Waals surface area contributed by atoms with E-state index in [0.29, 0.717) is 6.54 Å². The highest BCUT2D eigenvalue weighted by Crippen LogP contribution is 2.60. The van der Waals surface area contributed by atoms with Crippen molar-refractivity contribution in [2.24, 2.45) is 30.2 Å². The summed E-state index contributed by atoms with van der Waals surface area (Å²) in [6.07, 6.45) is 7.40. The second-order valence-electron chi connectivity index (χ2n) is 8.08. The fraction of sp³-hybridized carbons (Fsp3) is 0.778. The Morgan fingerprint density at radius 1 is 1.26 bits per heavy atom. The molecular formula is C18H27N3O2. The van der Waals surface area contributed by atoms with E-state index in [1.807, 2.05) is 14.0 Å². The Bertz CT molecular complexity index is 599. The lowest BCUT2D eigenvalue weighted by Crippen LogP contribution is -2.53. The van der Waals surface area contributed by atoms with Crippen LogP contribution >= 0.6 is 0 Å². The Morgan fingerprint density at radius 2 is 1.83 bits per heavy atom. The van der Waals surface area contributed by atoms with E-state index >= 15 is 0 Å². The van der Waals surface area contributed by atoms with Crippen molar-refractivity contribution in [1.82, 2.24) is 15.1 Å². The summed E-state index contributed by atoms with van der Waals surface area (Å²) in [5.41, 5.74) is 1.83. The van der Waals surface area contributed by atoms with Gasteiger partial charge < -0.3 is 10.1 Å². The summed E-state index contributed by atoms with van der Waals surface area (Å²) >= 11 is 0. The van der Waals surface area contributed by atoms with E-state index in [0.717, 1.165) is 54.2 Å². The summed E-state index contributed by atoms with van der Waals surface area (Å²) in [5.74, 6) is 3.39. The van der Waals surface area contributed by atoms with Crippen molar-refractivity contribution in [3.63, 3.8) is 0 Å². The van der Waals surface area contributed by atoms with Crippen LogP contribution in [0.3, 0.4) is 0 Å². The van der Waals surface area contributed by atoms with Crippen LogP contribution in [0.1, 0.15) is 49.8 Å². The van der Waals surface area contributed by atoms with Gasteiger partial charge in [-0.25, -0.2) is 4.68 Å². The summed E-state index contributed by atoms with van der Waals surface area (Å²) in [6, 6.07) is 0. The minimum atomic E-state index is -0.0852. The van der Waals surface area contributed by atoms with Gasteiger partial charge in [-0.1, -0.05) is 0 Å². The molecule has 0 unspecified atom stereocenters. The molecule has 0 aromatic carbocycles. The molecule has 0 aliphatic heterocycles. The molecule has 0 saturated heterocycles. The molecule has 5 rings (SSSR count). The number of aryl methyl sites for hydroxylation is 2. The van der Waals surface area contributed by atoms with E-state index in [4.69, 9.17) is 4.74 Å². The molecule has 23 heavy (non-hydrogen) atoms. The lowest BCUT2D eigenvalue weighted by molar-refractivity contribution is -0.146. The highest BCUT2D eigenvalue weighted by atomic mass is 16.5. The summed E-state index contributed by atoms with van der Waals surface area (Å²) in [5, 5.41) is 7.61. The number of methoxy groups -OCH3 is 1. The van der Waals surface area contributed by atoms with E-state index in [2.05, 4.69) is 10.4 Å². The molecule has 0 spiro atoms. The van der Waals surface area contributed by atoms with Gasteiger partial charge in [-0.3, -0.25) is 4.79 Å². The smallest absolute Gasteiger partial charge is 0.226 e. The van der Waals surface area contributed by atoms with Gasteiger partial charge in [0.1, 0.15) is 0 Å². The second-order valence-corrected chi connectivity index (χ2v) is 8.08. The molecule has 126 valence electrons. The fourth-order valence-electron chi connectivity index (χ4n) is 5.88. The van der Waals surface area contributed by atoms with Gasteiger partial charge in [0.25, 0.3) is 0 Å². The van der Waals surface area contributed by atoms with Crippen LogP contribution < -0.4 is 10.1 Å². The lowest BCUT2D eigenvalue weighted by Gasteiger charge is -2.55. The summed E-state index contributed by atoms with van der Waals surface area (Å²) < 4.78 is 7.17. The standard InChI is InChI=1S/C18H27N3O2/c1-11-15(16(23-3)21(2)20-11)10-19-17(22)18-7-12-4-13(8-18)6-14(5-12)9-18/h12-14H,4-10H2,1-3H3,(H,19,22). The predicted octanol–water partition coefficient (Wildman–Crippen LogP) is 2.57. The number of carbonyl (C=O) groups excluding carboxylic acids is 1. The molecule has 5 nitrogen and oxygen atoms in total. The number of nitrogens with zero attached hydrogens (tertiary/aromatic N) is 2. The Morgan fingerprint density at radius 3 is 2.35 bits per heavy atom. The highest BCUT2D eigenvalue weighted by molar-refractivity contribution is 5.83. The molecule has 1 N–H and O–H groups in total. The lowest BCUT2D eigenvalue weighted by atomic mass is 9.49. The zero-order valence-electron chi connectivity index (χ0n) is 14.4. The van der Waals surface area contributed by atoms with Gasteiger partial charge in [0.05, 0.1) is 18.4 Å². The monoisotopic (exact) mass is 317 g/mol. The van der Waals surface area contributed by atoms with E-state index in [1.165, 1.54) is 19.3 Å². The van der Waals surface area contributed by atoms with Crippen LogP contribution in [-0.4, -0.2) is 22.8 Å². The summed E-state index contributed by atoms with van der Waals surface area (Å²) in [4.78, 5) is 13.0. The average molecular weight is 317 g/mol. The predicted molar refractivity (Wildman–Crippen MR) is 86.9 cm³/mol. The number of aromatic nitrogens is 2. The van der Waals surface area contributed by atoms with Gasteiger partial charge in [-0.15, -0.1) is 0 Å². The average Bonchev–Trinajstić information content (AvgIpc) is 2.76. The molecule has 4 aliphatic carbocycles. The fourth-order valence-corrected chi connectivity index (χ4v) is 5.88. The SMILES string of the molecule is COc1c(CNC(=O)C23CC4CC(CC(C4)C2)C3)c(C)nn1C. The molecule has 4 fully saturated rings. The van der Waals surface area contributed by atoms with Crippen LogP contribution in [-0.2, 0) is 18.4 Å². The van der Waals surface area contributed by atoms with Crippen molar-refractivity contribution in [2.75, 3.05) is 7.11 Å². The van der Waals surface area contributed by atoms with Crippen LogP contribution in [0.25, 0.3) is 0 Å². The molecule has 0 atom stereocenters. The van der Waals surface area contributed by atoms with E-state index in [9.17, 15) is 4.79 Å². The van der Waals surface area contributed by atoms with Crippen molar-refractivity contribution >= 4 is 5.91 Å². The van der Waals surface area contributed by atoms with E-state index in [1.54, 1.807) is 11.8 Å². The Balaban J connectivity index is 1.49. The molecule has 0 radical (unpaired) electrons. The van der Waals surface area contributed by atoms with Gasteiger partial charge in [0.2, 0.25) is 11.8 Å². The second kappa shape index (κ2) is 5.25. The van der Waals surface area contributed by atoms with Gasteiger partial charge in [-0.05, 0) is 63.2 Å². The van der Waals surface area contributed by atoms with Crippen molar-refractivity contribution in [1.29, 1.82) is 0 Å². The number of carbonyl (C=O) groups is 1. The minimum Gasteiger partial charge on any atom is -0.481 e. The Labute approximate surface area is 137 Å². The third-order valence-corrected chi connectivity index (χ3v) is 6.43. The molecule has 4 bridgehead atoms. The highest BCUT2D eigenvalue weighted by Gasteiger charge is 2.54. The first-order valence-electron chi connectivity index (χ1n) is 8.85. The number of hydrogen-bond acceptors (Lipinski definition) is 3. The maximum absolute atomic E-state index is 13.0. The largest absolute Gasteiger partial charge is 0.481 e. The Hall–Kier alpha value is -1.52. The normalized spacial score (nSPS) is 34.7. The van der Waals surface area contributed by atoms with Crippen molar-refractivity contribution in [2.45, 2.75) is 52.0 Å². The van der Waals surface area contributed by atoms with Crippen LogP contribution in [0.4, 0.5) is 0 Å². The first-order valence-corrected chi connectivity index (χ1v) is 8.85. The maximum Gasteiger partial charge on any atom is 0.226 e. The Kier molecular flexibility index (Phi) is 3.43. The molecule has 5 heteroatoms. The first-order chi connectivity index (χ1) is 11.0. The van der Waals surface area contributed by atoms with Gasteiger partial charge >= 0.3 is 0 Å². The molecule has 1 amide bonds. The zero-order valence-corrected chi connectivity index (χ0v) is 14.4. The third-order valence-electron chi connectivity index (χ3n) is 6.43. The van der Waals surface area contributed by atoms with Crippen molar-refractivity contribution < 1.29 is 9.53 Å². The third kappa shape index (κ3) is 2.36. The topological polar surface area (TPSA) is 56.1 Å².